The van der Waals surface area contributed by atoms with Gasteiger partial charge in [-0.2, -0.15) is 18.3 Å². The topological polar surface area (TPSA) is 100 Å². The van der Waals surface area contributed by atoms with Crippen LogP contribution in [0.15, 0.2) is 24.7 Å². The van der Waals surface area contributed by atoms with Crippen molar-refractivity contribution in [2.45, 2.75) is 56.7 Å². The molecule has 162 valence electrons. The Morgan fingerprint density at radius 1 is 1.33 bits per heavy atom. The second-order valence-electron chi connectivity index (χ2n) is 7.56. The van der Waals surface area contributed by atoms with E-state index in [0.29, 0.717) is 18.4 Å². The molecule has 4 heterocycles. The van der Waals surface area contributed by atoms with Crippen molar-refractivity contribution in [3.63, 3.8) is 0 Å². The fraction of sp³-hybridized carbons (Fsp3) is 0.556. The molecule has 0 unspecified atom stereocenters. The molecular weight excluding hydrogens is 407 g/mol. The van der Waals surface area contributed by atoms with Crippen molar-refractivity contribution in [1.82, 2.24) is 19.7 Å². The fourth-order valence-corrected chi connectivity index (χ4v) is 3.59. The zero-order chi connectivity index (χ0) is 21.5. The number of rotatable bonds is 5. The number of halogens is 3. The van der Waals surface area contributed by atoms with Crippen LogP contribution in [0.3, 0.4) is 0 Å². The third-order valence-corrected chi connectivity index (χ3v) is 4.83. The summed E-state index contributed by atoms with van der Waals surface area (Å²) in [6.07, 6.45) is -1.27. The van der Waals surface area contributed by atoms with E-state index < -0.39 is 42.0 Å². The zero-order valence-corrected chi connectivity index (χ0v) is 16.2. The Balaban J connectivity index is 1.51. The van der Waals surface area contributed by atoms with Gasteiger partial charge in [0.05, 0.1) is 31.0 Å². The molecule has 2 fully saturated rings. The fourth-order valence-electron chi connectivity index (χ4n) is 3.59. The van der Waals surface area contributed by atoms with Gasteiger partial charge in [-0.3, -0.25) is 9.48 Å². The molecule has 0 spiro atoms. The van der Waals surface area contributed by atoms with Gasteiger partial charge in [-0.15, -0.1) is 0 Å². The molecule has 9 nitrogen and oxygen atoms in total. The van der Waals surface area contributed by atoms with Crippen LogP contribution in [0.4, 0.5) is 19.1 Å². The van der Waals surface area contributed by atoms with Crippen LogP contribution in [-0.2, 0) is 26.9 Å². The minimum atomic E-state index is -4.57. The molecule has 12 heteroatoms. The third kappa shape index (κ3) is 4.30. The molecule has 0 aromatic carbocycles. The number of alkyl halides is 3. The number of aromatic nitrogens is 4. The molecule has 2 aromatic heterocycles. The zero-order valence-electron chi connectivity index (χ0n) is 16.2. The van der Waals surface area contributed by atoms with Gasteiger partial charge >= 0.3 is 6.18 Å². The second-order valence-corrected chi connectivity index (χ2v) is 7.56. The lowest BCUT2D eigenvalue weighted by atomic mass is 9.98. The SMILES string of the molecule is CC1(C)O[C@@H]2[C@H](O1)[C@@H](Nc1nccc(C(F)(F)F)n1)CO[C@@H]2Cn1cc(C=O)cn1. The van der Waals surface area contributed by atoms with Gasteiger partial charge in [0, 0.05) is 12.4 Å². The van der Waals surface area contributed by atoms with Gasteiger partial charge in [-0.05, 0) is 19.9 Å². The van der Waals surface area contributed by atoms with E-state index in [0.717, 1.165) is 12.3 Å². The normalized spacial score (nSPS) is 28.2. The third-order valence-electron chi connectivity index (χ3n) is 4.83. The maximum Gasteiger partial charge on any atom is 0.433 e. The smallest absolute Gasteiger partial charge is 0.371 e. The molecule has 2 saturated heterocycles. The Labute approximate surface area is 169 Å². The van der Waals surface area contributed by atoms with Crippen LogP contribution in [-0.4, -0.2) is 62.8 Å². The van der Waals surface area contributed by atoms with Crippen LogP contribution in [0.5, 0.6) is 0 Å². The maximum atomic E-state index is 12.9. The van der Waals surface area contributed by atoms with E-state index in [-0.39, 0.29) is 12.6 Å². The van der Waals surface area contributed by atoms with Crippen molar-refractivity contribution in [1.29, 1.82) is 0 Å². The number of fused-ring (bicyclic) bond motifs is 1. The molecule has 0 aliphatic carbocycles. The summed E-state index contributed by atoms with van der Waals surface area (Å²) in [7, 11) is 0. The Kier molecular flexibility index (Phi) is 5.24. The standard InChI is InChI=1S/C18H20F3N5O4/c1-17(2)29-14-11(24-16-22-4-3-13(25-16)18(19,20)21)9-28-12(15(14)30-17)7-26-6-10(8-27)5-23-26/h3-6,8,11-12,14-15H,7,9H2,1-2H3,(H,22,24,25)/t11-,12+,14+,15-/m0/s1. The average molecular weight is 427 g/mol. The molecule has 2 aromatic rings. The van der Waals surface area contributed by atoms with Gasteiger partial charge in [-0.25, -0.2) is 9.97 Å². The molecule has 0 saturated carbocycles. The van der Waals surface area contributed by atoms with E-state index >= 15 is 0 Å². The number of aldehydes is 1. The van der Waals surface area contributed by atoms with Gasteiger partial charge in [0.1, 0.15) is 24.0 Å². The van der Waals surface area contributed by atoms with E-state index in [2.05, 4.69) is 20.4 Å². The van der Waals surface area contributed by atoms with E-state index in [1.807, 2.05) is 0 Å². The minimum Gasteiger partial charge on any atom is -0.371 e. The van der Waals surface area contributed by atoms with Crippen LogP contribution >= 0.6 is 0 Å². The van der Waals surface area contributed by atoms with Crippen LogP contribution < -0.4 is 5.32 Å². The highest BCUT2D eigenvalue weighted by Crippen LogP contribution is 2.37. The Morgan fingerprint density at radius 2 is 2.10 bits per heavy atom. The Morgan fingerprint density at radius 3 is 2.80 bits per heavy atom. The summed E-state index contributed by atoms with van der Waals surface area (Å²) in [5.41, 5.74) is -0.604. The first-order valence-electron chi connectivity index (χ1n) is 9.26. The summed E-state index contributed by atoms with van der Waals surface area (Å²) < 4.78 is 58.3. The van der Waals surface area contributed by atoms with E-state index in [4.69, 9.17) is 14.2 Å². The van der Waals surface area contributed by atoms with Crippen molar-refractivity contribution in [3.05, 3.63) is 35.9 Å². The molecule has 1 N–H and O–H groups in total. The number of nitrogens with one attached hydrogen (secondary N) is 1. The lowest BCUT2D eigenvalue weighted by Crippen LogP contribution is -2.55. The number of nitrogens with zero attached hydrogens (tertiary/aromatic N) is 4. The van der Waals surface area contributed by atoms with Crippen molar-refractivity contribution in [2.75, 3.05) is 11.9 Å². The monoisotopic (exact) mass is 427 g/mol. The van der Waals surface area contributed by atoms with Crippen molar-refractivity contribution in [3.8, 4) is 0 Å². The van der Waals surface area contributed by atoms with Crippen molar-refractivity contribution >= 4 is 12.2 Å². The number of hydrogen-bond acceptors (Lipinski definition) is 8. The van der Waals surface area contributed by atoms with Gasteiger partial charge in [0.25, 0.3) is 0 Å². The summed E-state index contributed by atoms with van der Waals surface area (Å²) in [6.45, 7) is 3.95. The summed E-state index contributed by atoms with van der Waals surface area (Å²) in [5, 5.41) is 7.00. The van der Waals surface area contributed by atoms with Gasteiger partial charge in [0.15, 0.2) is 12.1 Å². The van der Waals surface area contributed by atoms with Crippen molar-refractivity contribution < 1.29 is 32.2 Å². The van der Waals surface area contributed by atoms with Crippen LogP contribution in [0.2, 0.25) is 0 Å². The predicted octanol–water partition coefficient (Wildman–Crippen LogP) is 1.90. The van der Waals surface area contributed by atoms with Crippen molar-refractivity contribution in [2.24, 2.45) is 0 Å². The Bertz CT molecular complexity index is 919. The largest absolute Gasteiger partial charge is 0.433 e. The van der Waals surface area contributed by atoms with Gasteiger partial charge in [0.2, 0.25) is 5.95 Å². The summed E-state index contributed by atoms with van der Waals surface area (Å²) in [4.78, 5) is 18.3. The number of anilines is 1. The highest BCUT2D eigenvalue weighted by atomic mass is 19.4. The van der Waals surface area contributed by atoms with E-state index in [1.54, 1.807) is 24.7 Å². The summed E-state index contributed by atoms with van der Waals surface area (Å²) in [6, 6.07) is 0.275. The Hall–Kier alpha value is -2.57. The number of carbonyl (C=O) groups is 1. The number of carbonyl (C=O) groups excluding carboxylic acids is 1. The number of hydrogen-bond donors (Lipinski definition) is 1. The first kappa shape index (κ1) is 20.7. The van der Waals surface area contributed by atoms with Crippen LogP contribution in [0.1, 0.15) is 29.9 Å². The predicted molar refractivity (Wildman–Crippen MR) is 95.6 cm³/mol. The molecule has 4 atom stereocenters. The molecule has 0 bridgehead atoms. The molecule has 2 aliphatic heterocycles. The lowest BCUT2D eigenvalue weighted by molar-refractivity contribution is -0.155. The lowest BCUT2D eigenvalue weighted by Gasteiger charge is -2.37. The molecule has 0 amide bonds. The van der Waals surface area contributed by atoms with Gasteiger partial charge in [-0.1, -0.05) is 0 Å². The first-order chi connectivity index (χ1) is 14.1. The van der Waals surface area contributed by atoms with Gasteiger partial charge < -0.3 is 19.5 Å². The van der Waals surface area contributed by atoms with Crippen LogP contribution in [0, 0.1) is 0 Å². The first-order valence-corrected chi connectivity index (χ1v) is 9.26. The molecule has 2 aliphatic rings. The maximum absolute atomic E-state index is 12.9. The quantitative estimate of drug-likeness (QED) is 0.723. The van der Waals surface area contributed by atoms with E-state index in [9.17, 15) is 18.0 Å². The molecule has 4 rings (SSSR count). The molecular formula is C18H20F3N5O4. The second kappa shape index (κ2) is 7.60. The molecule has 30 heavy (non-hydrogen) atoms. The average Bonchev–Trinajstić information content (AvgIpc) is 3.26. The van der Waals surface area contributed by atoms with Crippen LogP contribution in [0.25, 0.3) is 0 Å². The number of ether oxygens (including phenoxy) is 3. The minimum absolute atomic E-state index is 0.132. The summed E-state index contributed by atoms with van der Waals surface area (Å²) >= 11 is 0. The molecule has 0 radical (unpaired) electrons. The van der Waals surface area contributed by atoms with E-state index in [1.165, 1.54) is 6.20 Å². The highest BCUT2D eigenvalue weighted by Gasteiger charge is 2.52. The highest BCUT2D eigenvalue weighted by molar-refractivity contribution is 5.73. The summed E-state index contributed by atoms with van der Waals surface area (Å²) in [5.74, 6) is -1.08.